The summed E-state index contributed by atoms with van der Waals surface area (Å²) in [5, 5.41) is 4.00. The molecular weight excluding hydrogens is 366 g/mol. The highest BCUT2D eigenvalue weighted by atomic mass is 16.5. The van der Waals surface area contributed by atoms with Crippen molar-refractivity contribution in [1.82, 2.24) is 15.0 Å². The second-order valence-corrected chi connectivity index (χ2v) is 7.64. The Kier molecular flexibility index (Phi) is 6.64. The smallest absolute Gasteiger partial charge is 0.229 e. The average Bonchev–Trinajstić information content (AvgIpc) is 3.13. The SMILES string of the molecule is COC1=C(c2ccc(-c3noc(C)n3)cc2C)CCC([C]=O)=C1CCCN(C)C. The standard InChI is InChI=1S/C23H28N3O3/c1-15-13-17(23-24-16(2)29-25-23)8-10-19(15)21-11-9-18(14-27)20(22(21)28-5)7-6-12-26(3)4/h8,10,13H,6-7,9,11-12H2,1-5H3. The minimum absolute atomic E-state index is 0.545. The highest BCUT2D eigenvalue weighted by Crippen LogP contribution is 2.39. The van der Waals surface area contributed by atoms with E-state index in [2.05, 4.69) is 54.5 Å². The number of nitrogens with zero attached hydrogens (tertiary/aromatic N) is 3. The van der Waals surface area contributed by atoms with Gasteiger partial charge in [-0.05, 0) is 70.4 Å². The summed E-state index contributed by atoms with van der Waals surface area (Å²) in [4.78, 5) is 18.0. The molecule has 6 nitrogen and oxygen atoms in total. The number of benzene rings is 1. The highest BCUT2D eigenvalue weighted by Gasteiger charge is 2.25. The summed E-state index contributed by atoms with van der Waals surface area (Å²) in [6.45, 7) is 4.81. The molecule has 6 heteroatoms. The summed E-state index contributed by atoms with van der Waals surface area (Å²) in [6, 6.07) is 6.15. The van der Waals surface area contributed by atoms with Crippen LogP contribution in [0.15, 0.2) is 39.6 Å². The maximum atomic E-state index is 11.5. The van der Waals surface area contributed by atoms with E-state index in [0.29, 0.717) is 18.1 Å². The van der Waals surface area contributed by atoms with Crippen LogP contribution in [0.5, 0.6) is 0 Å². The number of hydrogen-bond acceptors (Lipinski definition) is 6. The van der Waals surface area contributed by atoms with Crippen molar-refractivity contribution in [2.75, 3.05) is 27.7 Å². The third-order valence-corrected chi connectivity index (χ3v) is 5.23. The first-order valence-corrected chi connectivity index (χ1v) is 9.88. The van der Waals surface area contributed by atoms with Crippen molar-refractivity contribution in [3.63, 3.8) is 0 Å². The summed E-state index contributed by atoms with van der Waals surface area (Å²) in [5.74, 6) is 1.95. The number of hydrogen-bond donors (Lipinski definition) is 0. The number of rotatable bonds is 8. The maximum absolute atomic E-state index is 11.5. The molecule has 0 fully saturated rings. The van der Waals surface area contributed by atoms with Crippen LogP contribution in [0.3, 0.4) is 0 Å². The Labute approximate surface area is 172 Å². The van der Waals surface area contributed by atoms with Crippen LogP contribution in [-0.4, -0.2) is 49.1 Å². The number of aryl methyl sites for hydroxylation is 2. The van der Waals surface area contributed by atoms with Gasteiger partial charge < -0.3 is 14.2 Å². The lowest BCUT2D eigenvalue weighted by molar-refractivity contribution is 0.295. The van der Waals surface area contributed by atoms with Gasteiger partial charge in [-0.1, -0.05) is 17.3 Å². The van der Waals surface area contributed by atoms with Gasteiger partial charge in [-0.25, -0.2) is 0 Å². The van der Waals surface area contributed by atoms with Crippen LogP contribution in [0.4, 0.5) is 0 Å². The molecule has 0 saturated heterocycles. The number of allylic oxidation sites excluding steroid dienone is 3. The monoisotopic (exact) mass is 394 g/mol. The van der Waals surface area contributed by atoms with E-state index >= 15 is 0 Å². The molecule has 0 atom stereocenters. The summed E-state index contributed by atoms with van der Waals surface area (Å²) < 4.78 is 10.9. The zero-order valence-electron chi connectivity index (χ0n) is 17.8. The molecule has 0 saturated carbocycles. The minimum atomic E-state index is 0.545. The first-order chi connectivity index (χ1) is 13.9. The Hall–Kier alpha value is -2.73. The fourth-order valence-corrected chi connectivity index (χ4v) is 3.84. The molecule has 0 aliphatic heterocycles. The third-order valence-electron chi connectivity index (χ3n) is 5.23. The van der Waals surface area contributed by atoms with E-state index in [1.807, 2.05) is 6.07 Å². The van der Waals surface area contributed by atoms with E-state index in [0.717, 1.165) is 65.0 Å². The first kappa shape index (κ1) is 21.0. The quantitative estimate of drug-likeness (QED) is 0.667. The van der Waals surface area contributed by atoms with Gasteiger partial charge in [0.2, 0.25) is 18.0 Å². The van der Waals surface area contributed by atoms with Crippen molar-refractivity contribution in [3.8, 4) is 11.4 Å². The Bertz CT molecular complexity index is 954. The van der Waals surface area contributed by atoms with Crippen LogP contribution in [-0.2, 0) is 9.53 Å². The minimum Gasteiger partial charge on any atom is -0.496 e. The molecule has 0 N–H and O–H groups in total. The Morgan fingerprint density at radius 2 is 2.03 bits per heavy atom. The van der Waals surface area contributed by atoms with Crippen LogP contribution >= 0.6 is 0 Å². The molecule has 0 amide bonds. The van der Waals surface area contributed by atoms with E-state index in [1.54, 1.807) is 14.0 Å². The summed E-state index contributed by atoms with van der Waals surface area (Å²) in [5.41, 5.74) is 6.02. The van der Waals surface area contributed by atoms with Gasteiger partial charge in [0.05, 0.1) is 7.11 Å². The number of aromatic nitrogens is 2. The molecule has 0 bridgehead atoms. The number of methoxy groups -OCH3 is 1. The Balaban J connectivity index is 1.98. The molecule has 1 heterocycles. The van der Waals surface area contributed by atoms with E-state index in [9.17, 15) is 4.79 Å². The Morgan fingerprint density at radius 1 is 1.24 bits per heavy atom. The molecule has 0 spiro atoms. The van der Waals surface area contributed by atoms with E-state index in [1.165, 1.54) is 0 Å². The molecule has 1 radical (unpaired) electrons. The van der Waals surface area contributed by atoms with Crippen LogP contribution in [0.2, 0.25) is 0 Å². The van der Waals surface area contributed by atoms with Crippen molar-refractivity contribution in [2.45, 2.75) is 39.5 Å². The van der Waals surface area contributed by atoms with Gasteiger partial charge in [0.15, 0.2) is 0 Å². The van der Waals surface area contributed by atoms with Crippen LogP contribution in [0.25, 0.3) is 17.0 Å². The lowest BCUT2D eigenvalue weighted by Gasteiger charge is -2.25. The van der Waals surface area contributed by atoms with E-state index in [4.69, 9.17) is 9.26 Å². The van der Waals surface area contributed by atoms with Gasteiger partial charge in [-0.15, -0.1) is 0 Å². The zero-order valence-corrected chi connectivity index (χ0v) is 17.8. The van der Waals surface area contributed by atoms with Crippen molar-refractivity contribution in [3.05, 3.63) is 52.1 Å². The molecule has 1 aliphatic rings. The first-order valence-electron chi connectivity index (χ1n) is 9.88. The van der Waals surface area contributed by atoms with Gasteiger partial charge in [0.1, 0.15) is 5.76 Å². The van der Waals surface area contributed by atoms with Crippen LogP contribution in [0.1, 0.15) is 42.7 Å². The molecule has 2 aromatic rings. The van der Waals surface area contributed by atoms with Gasteiger partial charge >= 0.3 is 0 Å². The zero-order chi connectivity index (χ0) is 21.0. The average molecular weight is 394 g/mol. The molecule has 1 aromatic heterocycles. The van der Waals surface area contributed by atoms with Crippen molar-refractivity contribution >= 4 is 11.9 Å². The maximum Gasteiger partial charge on any atom is 0.229 e. The van der Waals surface area contributed by atoms with E-state index < -0.39 is 0 Å². The van der Waals surface area contributed by atoms with Crippen molar-refractivity contribution in [2.24, 2.45) is 0 Å². The lowest BCUT2D eigenvalue weighted by Crippen LogP contribution is -2.15. The number of carbonyl (C=O) groups excluding carboxylic acids is 1. The predicted molar refractivity (Wildman–Crippen MR) is 113 cm³/mol. The second-order valence-electron chi connectivity index (χ2n) is 7.64. The predicted octanol–water partition coefficient (Wildman–Crippen LogP) is 4.25. The fraction of sp³-hybridized carbons (Fsp3) is 0.435. The summed E-state index contributed by atoms with van der Waals surface area (Å²) in [7, 11) is 5.79. The van der Waals surface area contributed by atoms with Gasteiger partial charge in [0, 0.05) is 29.2 Å². The molecule has 29 heavy (non-hydrogen) atoms. The van der Waals surface area contributed by atoms with Crippen LogP contribution in [0, 0.1) is 13.8 Å². The van der Waals surface area contributed by atoms with Gasteiger partial charge in [-0.2, -0.15) is 4.98 Å². The molecule has 1 aromatic carbocycles. The second kappa shape index (κ2) is 9.18. The third kappa shape index (κ3) is 4.65. The highest BCUT2D eigenvalue weighted by molar-refractivity contribution is 5.84. The van der Waals surface area contributed by atoms with Crippen molar-refractivity contribution in [1.29, 1.82) is 0 Å². The molecular formula is C23H28N3O3. The largest absolute Gasteiger partial charge is 0.496 e. The fourth-order valence-electron chi connectivity index (χ4n) is 3.84. The van der Waals surface area contributed by atoms with Gasteiger partial charge in [-0.3, -0.25) is 4.79 Å². The van der Waals surface area contributed by atoms with Crippen molar-refractivity contribution < 1.29 is 14.1 Å². The summed E-state index contributed by atoms with van der Waals surface area (Å²) >= 11 is 0. The van der Waals surface area contributed by atoms with E-state index in [-0.39, 0.29) is 0 Å². The summed E-state index contributed by atoms with van der Waals surface area (Å²) in [6.07, 6.45) is 5.36. The topological polar surface area (TPSA) is 68.5 Å². The molecule has 1 aliphatic carbocycles. The van der Waals surface area contributed by atoms with Gasteiger partial charge in [0.25, 0.3) is 0 Å². The molecule has 0 unspecified atom stereocenters. The normalized spacial score (nSPS) is 14.7. The lowest BCUT2D eigenvalue weighted by atomic mass is 9.84. The number of ether oxygens (including phenoxy) is 1. The Morgan fingerprint density at radius 3 is 2.62 bits per heavy atom. The van der Waals surface area contributed by atoms with Crippen LogP contribution < -0.4 is 0 Å². The molecule has 3 rings (SSSR count). The molecule has 153 valence electrons.